The molecule has 2 aromatic heterocycles. The van der Waals surface area contributed by atoms with Gasteiger partial charge in [0.05, 0.1) is 15.9 Å². The number of carbonyl (C=O) groups is 2. The molecule has 5 nitrogen and oxygen atoms in total. The third kappa shape index (κ3) is 3.81. The fraction of sp³-hybridized carbons (Fsp3) is 0.524. The van der Waals surface area contributed by atoms with Crippen LogP contribution in [0.15, 0.2) is 24.4 Å². The van der Waals surface area contributed by atoms with Crippen LogP contribution >= 0.6 is 11.3 Å². The fourth-order valence-corrected chi connectivity index (χ4v) is 4.97. The monoisotopic (exact) mass is 385 g/mol. The molecule has 3 heterocycles. The Hall–Kier alpha value is -2.08. The van der Waals surface area contributed by atoms with Crippen molar-refractivity contribution in [3.8, 4) is 0 Å². The summed E-state index contributed by atoms with van der Waals surface area (Å²) in [6.45, 7) is 2.75. The Balaban J connectivity index is 1.58. The lowest BCUT2D eigenvalue weighted by Crippen LogP contribution is -2.35. The number of aryl methyl sites for hydroxylation is 2. The van der Waals surface area contributed by atoms with Crippen LogP contribution in [0.1, 0.15) is 65.5 Å². The second-order valence-corrected chi connectivity index (χ2v) is 8.85. The molecule has 1 atom stereocenters. The van der Waals surface area contributed by atoms with Gasteiger partial charge in [-0.2, -0.15) is 0 Å². The zero-order chi connectivity index (χ0) is 19.0. The van der Waals surface area contributed by atoms with E-state index in [-0.39, 0.29) is 23.8 Å². The summed E-state index contributed by atoms with van der Waals surface area (Å²) in [6.07, 6.45) is 8.36. The number of nitrogens with one attached hydrogen (secondary N) is 1. The van der Waals surface area contributed by atoms with E-state index in [9.17, 15) is 9.59 Å². The molecule has 0 bridgehead atoms. The molecule has 0 spiro atoms. The Labute approximate surface area is 164 Å². The summed E-state index contributed by atoms with van der Waals surface area (Å²) in [7, 11) is 2.05. The fourth-order valence-electron chi connectivity index (χ4n) is 3.93. The Kier molecular flexibility index (Phi) is 5.08. The van der Waals surface area contributed by atoms with Crippen LogP contribution in [0.4, 0.5) is 5.00 Å². The highest BCUT2D eigenvalue weighted by atomic mass is 32.1. The average Bonchev–Trinajstić information content (AvgIpc) is 3.37. The lowest BCUT2D eigenvalue weighted by molar-refractivity contribution is -0.117. The van der Waals surface area contributed by atoms with Gasteiger partial charge in [-0.1, -0.05) is 12.8 Å². The molecule has 0 aromatic carbocycles. The van der Waals surface area contributed by atoms with Gasteiger partial charge in [-0.3, -0.25) is 9.59 Å². The summed E-state index contributed by atoms with van der Waals surface area (Å²) in [5, 5.41) is 3.78. The van der Waals surface area contributed by atoms with Gasteiger partial charge in [0.1, 0.15) is 0 Å². The van der Waals surface area contributed by atoms with Crippen molar-refractivity contribution in [3.63, 3.8) is 0 Å². The van der Waals surface area contributed by atoms with E-state index in [1.165, 1.54) is 17.0 Å². The Morgan fingerprint density at radius 3 is 2.70 bits per heavy atom. The van der Waals surface area contributed by atoms with Crippen molar-refractivity contribution in [2.24, 2.45) is 13.0 Å². The van der Waals surface area contributed by atoms with E-state index in [0.717, 1.165) is 60.5 Å². The number of amides is 2. The van der Waals surface area contributed by atoms with Gasteiger partial charge in [0, 0.05) is 31.4 Å². The zero-order valence-corrected chi connectivity index (χ0v) is 16.8. The number of thiophene rings is 1. The quantitative estimate of drug-likeness (QED) is 0.842. The third-order valence-electron chi connectivity index (χ3n) is 5.65. The van der Waals surface area contributed by atoms with Gasteiger partial charge in [0.25, 0.3) is 5.91 Å². The number of carbonyl (C=O) groups excluding carboxylic acids is 2. The van der Waals surface area contributed by atoms with E-state index in [0.29, 0.717) is 0 Å². The highest BCUT2D eigenvalue weighted by molar-refractivity contribution is 7.18. The molecule has 1 aliphatic heterocycles. The summed E-state index contributed by atoms with van der Waals surface area (Å²) in [5.74, 6) is 0.350. The maximum atomic E-state index is 13.4. The standard InChI is InChI=1S/C21H27N3O2S/c1-14-13-18(22-20(25)15-9-10-15)27-19(14)21(26)24-12-5-3-4-7-17(24)16-8-6-11-23(16)2/h6,8,11,13,15,17H,3-5,7,9-10,12H2,1-2H3,(H,22,25). The van der Waals surface area contributed by atoms with E-state index in [2.05, 4.69) is 16.0 Å². The Morgan fingerprint density at radius 1 is 1.19 bits per heavy atom. The van der Waals surface area contributed by atoms with Crippen LogP contribution < -0.4 is 5.32 Å². The predicted molar refractivity (Wildman–Crippen MR) is 108 cm³/mol. The molecule has 4 rings (SSSR count). The minimum atomic E-state index is 0.0895. The van der Waals surface area contributed by atoms with Gasteiger partial charge in [0.2, 0.25) is 5.91 Å². The maximum Gasteiger partial charge on any atom is 0.264 e. The first kappa shape index (κ1) is 18.3. The highest BCUT2D eigenvalue weighted by Gasteiger charge is 2.32. The summed E-state index contributed by atoms with van der Waals surface area (Å²) in [5.41, 5.74) is 2.15. The number of hydrogen-bond donors (Lipinski definition) is 1. The minimum Gasteiger partial charge on any atom is -0.353 e. The minimum absolute atomic E-state index is 0.0895. The van der Waals surface area contributed by atoms with Crippen molar-refractivity contribution >= 4 is 28.2 Å². The molecule has 2 aliphatic rings. The van der Waals surface area contributed by atoms with Crippen molar-refractivity contribution in [2.45, 2.75) is 51.5 Å². The second kappa shape index (κ2) is 7.50. The molecule has 1 saturated carbocycles. The molecular formula is C21H27N3O2S. The number of nitrogens with zero attached hydrogens (tertiary/aromatic N) is 2. The van der Waals surface area contributed by atoms with Crippen LogP contribution in [0, 0.1) is 12.8 Å². The number of likely N-dealkylation sites (tertiary alicyclic amines) is 1. The van der Waals surface area contributed by atoms with Gasteiger partial charge < -0.3 is 14.8 Å². The number of aromatic nitrogens is 1. The van der Waals surface area contributed by atoms with Crippen molar-refractivity contribution in [1.29, 1.82) is 0 Å². The van der Waals surface area contributed by atoms with Gasteiger partial charge >= 0.3 is 0 Å². The first-order valence-corrected chi connectivity index (χ1v) is 10.7. The smallest absolute Gasteiger partial charge is 0.264 e. The van der Waals surface area contributed by atoms with Gasteiger partial charge in [-0.25, -0.2) is 0 Å². The summed E-state index contributed by atoms with van der Waals surface area (Å²) < 4.78 is 2.12. The second-order valence-electron chi connectivity index (χ2n) is 7.79. The normalized spacial score (nSPS) is 20.4. The van der Waals surface area contributed by atoms with Gasteiger partial charge in [0.15, 0.2) is 0 Å². The van der Waals surface area contributed by atoms with Crippen LogP contribution in [-0.4, -0.2) is 27.8 Å². The molecule has 1 unspecified atom stereocenters. The van der Waals surface area contributed by atoms with Crippen LogP contribution in [0.2, 0.25) is 0 Å². The van der Waals surface area contributed by atoms with Crippen molar-refractivity contribution < 1.29 is 9.59 Å². The molecule has 1 saturated heterocycles. The molecular weight excluding hydrogens is 358 g/mol. The first-order chi connectivity index (χ1) is 13.0. The maximum absolute atomic E-state index is 13.4. The van der Waals surface area contributed by atoms with Gasteiger partial charge in [-0.15, -0.1) is 11.3 Å². The average molecular weight is 386 g/mol. The Morgan fingerprint density at radius 2 is 2.00 bits per heavy atom. The topological polar surface area (TPSA) is 54.3 Å². The molecule has 0 radical (unpaired) electrons. The zero-order valence-electron chi connectivity index (χ0n) is 16.0. The Bertz CT molecular complexity index is 849. The summed E-state index contributed by atoms with van der Waals surface area (Å²) >= 11 is 1.42. The first-order valence-electron chi connectivity index (χ1n) is 9.88. The molecule has 2 fully saturated rings. The molecule has 1 N–H and O–H groups in total. The lowest BCUT2D eigenvalue weighted by Gasteiger charge is -2.30. The summed E-state index contributed by atoms with van der Waals surface area (Å²) in [4.78, 5) is 28.3. The number of hydrogen-bond acceptors (Lipinski definition) is 3. The number of rotatable bonds is 4. The van der Waals surface area contributed by atoms with E-state index in [1.807, 2.05) is 37.2 Å². The van der Waals surface area contributed by atoms with Gasteiger partial charge in [-0.05, 0) is 56.4 Å². The molecule has 2 amide bonds. The van der Waals surface area contributed by atoms with Crippen LogP contribution in [-0.2, 0) is 11.8 Å². The SMILES string of the molecule is Cc1cc(NC(=O)C2CC2)sc1C(=O)N1CCCCCC1c1cccn1C. The molecule has 1 aliphatic carbocycles. The molecule has 2 aromatic rings. The largest absolute Gasteiger partial charge is 0.353 e. The van der Waals surface area contributed by atoms with Crippen LogP contribution in [0.3, 0.4) is 0 Å². The van der Waals surface area contributed by atoms with Crippen LogP contribution in [0.5, 0.6) is 0 Å². The van der Waals surface area contributed by atoms with E-state index in [1.54, 1.807) is 0 Å². The predicted octanol–water partition coefficient (Wildman–Crippen LogP) is 4.50. The van der Waals surface area contributed by atoms with Crippen molar-refractivity contribution in [2.75, 3.05) is 11.9 Å². The van der Waals surface area contributed by atoms with Crippen LogP contribution in [0.25, 0.3) is 0 Å². The van der Waals surface area contributed by atoms with Crippen molar-refractivity contribution in [1.82, 2.24) is 9.47 Å². The van der Waals surface area contributed by atoms with Crippen molar-refractivity contribution in [3.05, 3.63) is 40.5 Å². The molecule has 144 valence electrons. The number of anilines is 1. The summed E-state index contributed by atoms with van der Waals surface area (Å²) in [6, 6.07) is 6.22. The van der Waals surface area contributed by atoms with E-state index >= 15 is 0 Å². The van der Waals surface area contributed by atoms with E-state index in [4.69, 9.17) is 0 Å². The molecule has 6 heteroatoms. The molecule has 27 heavy (non-hydrogen) atoms. The van der Waals surface area contributed by atoms with E-state index < -0.39 is 0 Å². The highest BCUT2D eigenvalue weighted by Crippen LogP contribution is 2.36. The third-order valence-corrected chi connectivity index (χ3v) is 6.79. The lowest BCUT2D eigenvalue weighted by atomic mass is 10.1.